The minimum Gasteiger partial charge on any atom is -0.481 e. The van der Waals surface area contributed by atoms with Gasteiger partial charge in [0.05, 0.1) is 11.3 Å². The predicted molar refractivity (Wildman–Crippen MR) is 71.7 cm³/mol. The first-order valence-electron chi connectivity index (χ1n) is 6.77. The molecule has 0 aliphatic heterocycles. The zero-order chi connectivity index (χ0) is 14.8. The number of hydrogen-bond donors (Lipinski definition) is 2. The van der Waals surface area contributed by atoms with Gasteiger partial charge in [-0.1, -0.05) is 19.1 Å². The Labute approximate surface area is 117 Å². The van der Waals surface area contributed by atoms with Crippen LogP contribution in [0.3, 0.4) is 0 Å². The molecule has 108 valence electrons. The van der Waals surface area contributed by atoms with Gasteiger partial charge in [-0.3, -0.25) is 9.59 Å². The molecule has 2 N–H and O–H groups in total. The second kappa shape index (κ2) is 5.61. The van der Waals surface area contributed by atoms with E-state index in [0.29, 0.717) is 19.3 Å². The topological polar surface area (TPSA) is 66.4 Å². The van der Waals surface area contributed by atoms with Crippen molar-refractivity contribution in [1.29, 1.82) is 0 Å². The minimum atomic E-state index is -0.903. The maximum Gasteiger partial charge on any atom is 0.308 e. The van der Waals surface area contributed by atoms with Crippen molar-refractivity contribution in [2.45, 2.75) is 31.6 Å². The van der Waals surface area contributed by atoms with Gasteiger partial charge in [-0.25, -0.2) is 4.39 Å². The van der Waals surface area contributed by atoms with Gasteiger partial charge in [-0.05, 0) is 37.0 Å². The van der Waals surface area contributed by atoms with Gasteiger partial charge in [0, 0.05) is 6.54 Å². The van der Waals surface area contributed by atoms with Crippen molar-refractivity contribution in [3.8, 4) is 0 Å². The number of carbonyl (C=O) groups excluding carboxylic acids is 1. The predicted octanol–water partition coefficient (Wildman–Crippen LogP) is 2.08. The number of nitrogens with one attached hydrogen (secondary N) is 1. The number of benzene rings is 1. The van der Waals surface area contributed by atoms with E-state index in [1.807, 2.05) is 0 Å². The smallest absolute Gasteiger partial charge is 0.308 e. The number of carboxylic acids is 1. The summed E-state index contributed by atoms with van der Waals surface area (Å²) in [5.41, 5.74) is 0.199. The monoisotopic (exact) mass is 279 g/mol. The number of amides is 1. The van der Waals surface area contributed by atoms with E-state index in [9.17, 15) is 14.0 Å². The van der Waals surface area contributed by atoms with E-state index in [-0.39, 0.29) is 18.3 Å². The molecule has 0 saturated heterocycles. The van der Waals surface area contributed by atoms with Crippen LogP contribution in [0.1, 0.15) is 31.7 Å². The quantitative estimate of drug-likeness (QED) is 0.838. The molecule has 1 aromatic rings. The molecule has 1 aliphatic rings. The third-order valence-electron chi connectivity index (χ3n) is 3.93. The molecule has 0 bridgehead atoms. The molecule has 1 amide bonds. The molecule has 5 heteroatoms. The van der Waals surface area contributed by atoms with Crippen LogP contribution in [0.4, 0.5) is 4.39 Å². The first-order chi connectivity index (χ1) is 9.49. The molecule has 2 rings (SSSR count). The van der Waals surface area contributed by atoms with Gasteiger partial charge in [0.25, 0.3) is 0 Å². The van der Waals surface area contributed by atoms with Crippen LogP contribution in [-0.4, -0.2) is 23.5 Å². The maximum atomic E-state index is 12.9. The summed E-state index contributed by atoms with van der Waals surface area (Å²) in [5, 5.41) is 11.7. The van der Waals surface area contributed by atoms with Crippen LogP contribution in [0.25, 0.3) is 0 Å². The van der Waals surface area contributed by atoms with Gasteiger partial charge in [0.2, 0.25) is 5.91 Å². The Kier molecular flexibility index (Phi) is 4.06. The number of aliphatic carboxylic acids is 1. The summed E-state index contributed by atoms with van der Waals surface area (Å²) in [7, 11) is 0. The van der Waals surface area contributed by atoms with Gasteiger partial charge >= 0.3 is 5.97 Å². The van der Waals surface area contributed by atoms with Crippen molar-refractivity contribution in [3.63, 3.8) is 0 Å². The fourth-order valence-corrected chi connectivity index (χ4v) is 2.33. The first-order valence-corrected chi connectivity index (χ1v) is 6.77. The average Bonchev–Trinajstić information content (AvgIpc) is 3.21. The molecule has 1 unspecified atom stereocenters. The lowest BCUT2D eigenvalue weighted by Crippen LogP contribution is -2.39. The second-order valence-corrected chi connectivity index (χ2v) is 5.24. The van der Waals surface area contributed by atoms with E-state index in [1.165, 1.54) is 12.1 Å². The van der Waals surface area contributed by atoms with Crippen LogP contribution in [0, 0.1) is 11.7 Å². The van der Waals surface area contributed by atoms with E-state index in [0.717, 1.165) is 5.56 Å². The molecule has 4 nitrogen and oxygen atoms in total. The van der Waals surface area contributed by atoms with E-state index in [1.54, 1.807) is 19.1 Å². The number of carboxylic acid groups (broad SMARTS) is 1. The molecule has 1 fully saturated rings. The highest BCUT2D eigenvalue weighted by atomic mass is 19.1. The zero-order valence-electron chi connectivity index (χ0n) is 11.4. The lowest BCUT2D eigenvalue weighted by Gasteiger charge is -2.17. The summed E-state index contributed by atoms with van der Waals surface area (Å²) >= 11 is 0. The number of carbonyl (C=O) groups is 2. The number of hydrogen-bond acceptors (Lipinski definition) is 2. The van der Waals surface area contributed by atoms with Crippen LogP contribution >= 0.6 is 0 Å². The lowest BCUT2D eigenvalue weighted by atomic mass is 9.94. The highest BCUT2D eigenvalue weighted by Gasteiger charge is 2.51. The van der Waals surface area contributed by atoms with Crippen molar-refractivity contribution in [2.75, 3.05) is 6.54 Å². The maximum absolute atomic E-state index is 12.9. The fourth-order valence-electron chi connectivity index (χ4n) is 2.33. The molecule has 20 heavy (non-hydrogen) atoms. The molecule has 0 heterocycles. The summed E-state index contributed by atoms with van der Waals surface area (Å²) in [4.78, 5) is 23.2. The molecule has 1 aromatic carbocycles. The zero-order valence-corrected chi connectivity index (χ0v) is 11.4. The molecule has 0 radical (unpaired) electrons. The normalized spacial score (nSPS) is 17.3. The summed E-state index contributed by atoms with van der Waals surface area (Å²) in [6.07, 6.45) is 1.90. The first kappa shape index (κ1) is 14.5. The van der Waals surface area contributed by atoms with Gasteiger partial charge in [0.15, 0.2) is 0 Å². The molecular weight excluding hydrogens is 261 g/mol. The molecule has 1 saturated carbocycles. The van der Waals surface area contributed by atoms with Gasteiger partial charge in [-0.2, -0.15) is 0 Å². The third kappa shape index (κ3) is 2.81. The van der Waals surface area contributed by atoms with Crippen molar-refractivity contribution in [1.82, 2.24) is 5.32 Å². The van der Waals surface area contributed by atoms with Gasteiger partial charge in [0.1, 0.15) is 5.82 Å². The fraction of sp³-hybridized carbons (Fsp3) is 0.467. The SMILES string of the molecule is CCC(CNC(=O)C1(c2ccc(F)cc2)CC1)C(=O)O. The summed E-state index contributed by atoms with van der Waals surface area (Å²) < 4.78 is 12.9. The molecule has 1 aliphatic carbocycles. The van der Waals surface area contributed by atoms with Crippen molar-refractivity contribution >= 4 is 11.9 Å². The Morgan fingerprint density at radius 1 is 1.35 bits per heavy atom. The Hall–Kier alpha value is -1.91. The van der Waals surface area contributed by atoms with Gasteiger partial charge in [-0.15, -0.1) is 0 Å². The van der Waals surface area contributed by atoms with Crippen LogP contribution in [0.2, 0.25) is 0 Å². The largest absolute Gasteiger partial charge is 0.481 e. The molecule has 0 spiro atoms. The van der Waals surface area contributed by atoms with Crippen molar-refractivity contribution in [2.24, 2.45) is 5.92 Å². The van der Waals surface area contributed by atoms with E-state index < -0.39 is 17.3 Å². The Morgan fingerprint density at radius 3 is 2.40 bits per heavy atom. The van der Waals surface area contributed by atoms with Gasteiger partial charge < -0.3 is 10.4 Å². The lowest BCUT2D eigenvalue weighted by molar-refractivity contribution is -0.141. The molecule has 1 atom stereocenters. The van der Waals surface area contributed by atoms with E-state index >= 15 is 0 Å². The summed E-state index contributed by atoms with van der Waals surface area (Å²) in [6, 6.07) is 5.93. The number of halogens is 1. The number of rotatable bonds is 6. The van der Waals surface area contributed by atoms with Crippen molar-refractivity contribution < 1.29 is 19.1 Å². The van der Waals surface area contributed by atoms with Crippen LogP contribution < -0.4 is 5.32 Å². The van der Waals surface area contributed by atoms with Crippen molar-refractivity contribution in [3.05, 3.63) is 35.6 Å². The standard InChI is InChI=1S/C15H18FNO3/c1-2-10(13(18)19)9-17-14(20)15(7-8-15)11-3-5-12(16)6-4-11/h3-6,10H,2,7-9H2,1H3,(H,17,20)(H,18,19). The highest BCUT2D eigenvalue weighted by Crippen LogP contribution is 2.48. The average molecular weight is 279 g/mol. The van der Waals surface area contributed by atoms with Crippen LogP contribution in [0.5, 0.6) is 0 Å². The third-order valence-corrected chi connectivity index (χ3v) is 3.93. The van der Waals surface area contributed by atoms with E-state index in [4.69, 9.17) is 5.11 Å². The Bertz CT molecular complexity index is 508. The van der Waals surface area contributed by atoms with E-state index in [2.05, 4.69) is 5.32 Å². The molecular formula is C15H18FNO3. The minimum absolute atomic E-state index is 0.133. The second-order valence-electron chi connectivity index (χ2n) is 5.24. The Balaban J connectivity index is 2.02. The summed E-state index contributed by atoms with van der Waals surface area (Å²) in [6.45, 7) is 1.91. The van der Waals surface area contributed by atoms with Crippen LogP contribution in [-0.2, 0) is 15.0 Å². The summed E-state index contributed by atoms with van der Waals surface area (Å²) in [5.74, 6) is -1.96. The molecule has 0 aromatic heterocycles. The van der Waals surface area contributed by atoms with Crippen LogP contribution in [0.15, 0.2) is 24.3 Å². The Morgan fingerprint density at radius 2 is 1.95 bits per heavy atom. The highest BCUT2D eigenvalue weighted by molar-refractivity contribution is 5.91.